The highest BCUT2D eigenvalue weighted by Gasteiger charge is 2.40. The van der Waals surface area contributed by atoms with E-state index < -0.39 is 22.0 Å². The van der Waals surface area contributed by atoms with Crippen LogP contribution in [0.15, 0.2) is 41.3 Å². The Morgan fingerprint density at radius 2 is 1.86 bits per heavy atom. The van der Waals surface area contributed by atoms with Gasteiger partial charge in [-0.25, -0.2) is 8.42 Å². The standard InChI is InChI=1S/C19H20Cl2N2O4S/c1-12-5-6-16(27-2)11-18(12)28(25,26)23-7-3-4-17(23)19(24)22-15-9-13(20)8-14(21)10-15/h5-6,8-11,17H,3-4,7H2,1-2H3,(H,22,24). The Labute approximate surface area is 174 Å². The number of hydrogen-bond donors (Lipinski definition) is 1. The first kappa shape index (κ1) is 20.9. The highest BCUT2D eigenvalue weighted by Crippen LogP contribution is 2.31. The molecule has 3 rings (SSSR count). The summed E-state index contributed by atoms with van der Waals surface area (Å²) >= 11 is 11.9. The fourth-order valence-corrected chi connectivity index (χ4v) is 5.68. The predicted molar refractivity (Wildman–Crippen MR) is 110 cm³/mol. The van der Waals surface area contributed by atoms with Crippen molar-refractivity contribution in [1.29, 1.82) is 0 Å². The quantitative estimate of drug-likeness (QED) is 0.755. The van der Waals surface area contributed by atoms with Crippen LogP contribution in [0.25, 0.3) is 0 Å². The third-order valence-corrected chi connectivity index (χ3v) is 7.10. The molecule has 1 aliphatic heterocycles. The molecule has 0 aliphatic carbocycles. The van der Waals surface area contributed by atoms with Crippen LogP contribution in [0.1, 0.15) is 18.4 Å². The van der Waals surface area contributed by atoms with Crippen molar-refractivity contribution in [2.45, 2.75) is 30.7 Å². The number of halogens is 2. The zero-order chi connectivity index (χ0) is 20.5. The molecule has 1 unspecified atom stereocenters. The topological polar surface area (TPSA) is 75.7 Å². The fraction of sp³-hybridized carbons (Fsp3) is 0.316. The molecule has 0 bridgehead atoms. The summed E-state index contributed by atoms with van der Waals surface area (Å²) in [6.45, 7) is 1.98. The molecule has 0 radical (unpaired) electrons. The molecule has 0 aromatic heterocycles. The van der Waals surface area contributed by atoms with Crippen LogP contribution in [0.3, 0.4) is 0 Å². The molecule has 2 aromatic carbocycles. The number of ether oxygens (including phenoxy) is 1. The van der Waals surface area contributed by atoms with E-state index in [1.165, 1.54) is 17.5 Å². The summed E-state index contributed by atoms with van der Waals surface area (Å²) < 4.78 is 32.9. The van der Waals surface area contributed by atoms with E-state index >= 15 is 0 Å². The molecule has 28 heavy (non-hydrogen) atoms. The molecule has 1 fully saturated rings. The Morgan fingerprint density at radius 1 is 1.18 bits per heavy atom. The maximum Gasteiger partial charge on any atom is 0.244 e. The third kappa shape index (κ3) is 4.27. The first-order valence-electron chi connectivity index (χ1n) is 8.66. The van der Waals surface area contributed by atoms with Gasteiger partial charge in [0.25, 0.3) is 0 Å². The number of nitrogens with zero attached hydrogens (tertiary/aromatic N) is 1. The normalized spacial score (nSPS) is 17.5. The summed E-state index contributed by atoms with van der Waals surface area (Å²) in [4.78, 5) is 12.9. The van der Waals surface area contributed by atoms with Gasteiger partial charge in [-0.2, -0.15) is 4.31 Å². The molecule has 1 aliphatic rings. The largest absolute Gasteiger partial charge is 0.497 e. The fourth-order valence-electron chi connectivity index (χ4n) is 3.25. The van der Waals surface area contributed by atoms with Gasteiger partial charge in [-0.05, 0) is 49.6 Å². The minimum absolute atomic E-state index is 0.136. The van der Waals surface area contributed by atoms with Crippen LogP contribution in [-0.2, 0) is 14.8 Å². The molecule has 1 saturated heterocycles. The van der Waals surface area contributed by atoms with E-state index in [2.05, 4.69) is 5.32 Å². The summed E-state index contributed by atoms with van der Waals surface area (Å²) in [7, 11) is -2.39. The predicted octanol–water partition coefficient (Wildman–Crippen LogP) is 4.10. The van der Waals surface area contributed by atoms with Gasteiger partial charge in [0.05, 0.1) is 12.0 Å². The lowest BCUT2D eigenvalue weighted by Crippen LogP contribution is -2.43. The monoisotopic (exact) mass is 442 g/mol. The lowest BCUT2D eigenvalue weighted by atomic mass is 10.2. The van der Waals surface area contributed by atoms with E-state index in [1.807, 2.05) is 0 Å². The Morgan fingerprint density at radius 3 is 2.50 bits per heavy atom. The number of nitrogens with one attached hydrogen (secondary N) is 1. The molecule has 1 heterocycles. The van der Waals surface area contributed by atoms with Gasteiger partial charge >= 0.3 is 0 Å². The first-order valence-corrected chi connectivity index (χ1v) is 10.9. The lowest BCUT2D eigenvalue weighted by Gasteiger charge is -2.24. The van der Waals surface area contributed by atoms with Crippen LogP contribution in [0, 0.1) is 6.92 Å². The maximum absolute atomic E-state index is 13.2. The van der Waals surface area contributed by atoms with Crippen LogP contribution in [0.2, 0.25) is 10.0 Å². The van der Waals surface area contributed by atoms with Crippen molar-refractivity contribution >= 4 is 44.8 Å². The Hall–Kier alpha value is -1.80. The Bertz CT molecular complexity index is 991. The number of anilines is 1. The van der Waals surface area contributed by atoms with Gasteiger partial charge in [-0.1, -0.05) is 29.3 Å². The van der Waals surface area contributed by atoms with Gasteiger partial charge in [-0.15, -0.1) is 0 Å². The summed E-state index contributed by atoms with van der Waals surface area (Å²) in [6, 6.07) is 8.73. The number of carbonyl (C=O) groups excluding carboxylic acids is 1. The zero-order valence-electron chi connectivity index (χ0n) is 15.4. The second kappa shape index (κ2) is 8.29. The van der Waals surface area contributed by atoms with Crippen molar-refractivity contribution in [3.8, 4) is 5.75 Å². The summed E-state index contributed by atoms with van der Waals surface area (Å²) in [5, 5.41) is 3.48. The highest BCUT2D eigenvalue weighted by molar-refractivity contribution is 7.89. The highest BCUT2D eigenvalue weighted by atomic mass is 35.5. The van der Waals surface area contributed by atoms with E-state index in [0.29, 0.717) is 39.9 Å². The summed E-state index contributed by atoms with van der Waals surface area (Å²) in [6.07, 6.45) is 1.03. The van der Waals surface area contributed by atoms with Gasteiger partial charge in [0.15, 0.2) is 0 Å². The molecule has 0 spiro atoms. The molecule has 1 amide bonds. The second-order valence-electron chi connectivity index (χ2n) is 6.55. The molecule has 150 valence electrons. The molecular weight excluding hydrogens is 423 g/mol. The van der Waals surface area contributed by atoms with E-state index in [4.69, 9.17) is 27.9 Å². The number of aryl methyl sites for hydroxylation is 1. The average Bonchev–Trinajstić information content (AvgIpc) is 3.12. The van der Waals surface area contributed by atoms with E-state index in [1.54, 1.807) is 37.3 Å². The minimum Gasteiger partial charge on any atom is -0.497 e. The molecular formula is C19H20Cl2N2O4S. The van der Waals surface area contributed by atoms with Crippen LogP contribution >= 0.6 is 23.2 Å². The smallest absolute Gasteiger partial charge is 0.244 e. The number of benzene rings is 2. The van der Waals surface area contributed by atoms with E-state index in [-0.39, 0.29) is 11.4 Å². The summed E-state index contributed by atoms with van der Waals surface area (Å²) in [5.41, 5.74) is 1.01. The van der Waals surface area contributed by atoms with Crippen LogP contribution in [0.4, 0.5) is 5.69 Å². The van der Waals surface area contributed by atoms with Crippen molar-refractivity contribution in [3.63, 3.8) is 0 Å². The van der Waals surface area contributed by atoms with Crippen molar-refractivity contribution in [3.05, 3.63) is 52.0 Å². The van der Waals surface area contributed by atoms with Gasteiger partial charge in [0.2, 0.25) is 15.9 Å². The van der Waals surface area contributed by atoms with Gasteiger partial charge < -0.3 is 10.1 Å². The Balaban J connectivity index is 1.88. The SMILES string of the molecule is COc1ccc(C)c(S(=O)(=O)N2CCCC2C(=O)Nc2cc(Cl)cc(Cl)c2)c1. The van der Waals surface area contributed by atoms with Gasteiger partial charge in [0.1, 0.15) is 11.8 Å². The van der Waals surface area contributed by atoms with Gasteiger partial charge in [0, 0.05) is 28.3 Å². The molecule has 0 saturated carbocycles. The minimum atomic E-state index is -3.86. The maximum atomic E-state index is 13.2. The van der Waals surface area contributed by atoms with E-state index in [9.17, 15) is 13.2 Å². The van der Waals surface area contributed by atoms with E-state index in [0.717, 1.165) is 0 Å². The van der Waals surface area contributed by atoms with Gasteiger partial charge in [-0.3, -0.25) is 4.79 Å². The molecule has 1 atom stereocenters. The van der Waals surface area contributed by atoms with Crippen LogP contribution < -0.4 is 10.1 Å². The first-order chi connectivity index (χ1) is 13.2. The zero-order valence-corrected chi connectivity index (χ0v) is 17.7. The van der Waals surface area contributed by atoms with Crippen molar-refractivity contribution in [2.24, 2.45) is 0 Å². The molecule has 6 nitrogen and oxygen atoms in total. The number of amides is 1. The number of rotatable bonds is 5. The molecule has 2 aromatic rings. The second-order valence-corrected chi connectivity index (χ2v) is 9.28. The number of carbonyl (C=O) groups is 1. The Kier molecular flexibility index (Phi) is 6.19. The number of hydrogen-bond acceptors (Lipinski definition) is 4. The molecule has 9 heteroatoms. The number of sulfonamides is 1. The molecule has 1 N–H and O–H groups in total. The van der Waals surface area contributed by atoms with Crippen LogP contribution in [-0.4, -0.2) is 38.3 Å². The summed E-state index contributed by atoms with van der Waals surface area (Å²) in [5.74, 6) is 0.0258. The van der Waals surface area contributed by atoms with Crippen molar-refractivity contribution in [1.82, 2.24) is 4.31 Å². The number of methoxy groups -OCH3 is 1. The average molecular weight is 443 g/mol. The van der Waals surface area contributed by atoms with Crippen LogP contribution in [0.5, 0.6) is 5.75 Å². The third-order valence-electron chi connectivity index (χ3n) is 4.62. The van der Waals surface area contributed by atoms with Crippen molar-refractivity contribution in [2.75, 3.05) is 19.0 Å². The van der Waals surface area contributed by atoms with Crippen molar-refractivity contribution < 1.29 is 17.9 Å². The lowest BCUT2D eigenvalue weighted by molar-refractivity contribution is -0.119.